The van der Waals surface area contributed by atoms with Gasteiger partial charge in [-0.2, -0.15) is 0 Å². The first kappa shape index (κ1) is 25.2. The lowest BCUT2D eigenvalue weighted by molar-refractivity contribution is -0.118. The highest BCUT2D eigenvalue weighted by molar-refractivity contribution is 7.96. The zero-order valence-electron chi connectivity index (χ0n) is 20.0. The maximum absolute atomic E-state index is 13.2. The van der Waals surface area contributed by atoms with E-state index in [0.29, 0.717) is 6.42 Å². The van der Waals surface area contributed by atoms with Gasteiger partial charge in [-0.1, -0.05) is 84.9 Å². The number of nitrogens with one attached hydrogen (secondary N) is 1. The number of benzene rings is 4. The van der Waals surface area contributed by atoms with Crippen molar-refractivity contribution in [2.45, 2.75) is 25.2 Å². The summed E-state index contributed by atoms with van der Waals surface area (Å²) in [5.41, 5.74) is 6.49. The minimum absolute atomic E-state index is 0.137. The standard InChI is InChI=1S/C30H29N2O3P/c31-28(33)21-22-29(32-30(34)35-23-24-13-5-1-6-14-24)36(25-15-7-2-8-16-25,26-17-9-3-10-18-26)27-19-11-4-12-20-27/h1-20,29H,21-23H2,(H2-,31,32,33,34)/p+1/t29-/m0/s1. The van der Waals surface area contributed by atoms with Crippen molar-refractivity contribution in [2.24, 2.45) is 5.73 Å². The van der Waals surface area contributed by atoms with Crippen LogP contribution in [0.1, 0.15) is 18.4 Å². The third-order valence-corrected chi connectivity index (χ3v) is 10.8. The number of amides is 2. The number of rotatable bonds is 10. The molecular formula is C30H30N2O3P+. The van der Waals surface area contributed by atoms with E-state index in [4.69, 9.17) is 10.5 Å². The molecule has 0 saturated heterocycles. The van der Waals surface area contributed by atoms with Crippen molar-refractivity contribution in [1.29, 1.82) is 0 Å². The minimum Gasteiger partial charge on any atom is -0.445 e. The number of ether oxygens (including phenoxy) is 1. The molecule has 1 atom stereocenters. The van der Waals surface area contributed by atoms with Gasteiger partial charge >= 0.3 is 6.09 Å². The molecule has 36 heavy (non-hydrogen) atoms. The van der Waals surface area contributed by atoms with Gasteiger partial charge in [0.05, 0.1) is 0 Å². The van der Waals surface area contributed by atoms with Gasteiger partial charge in [0.2, 0.25) is 5.91 Å². The summed E-state index contributed by atoms with van der Waals surface area (Å²) in [6.45, 7) is 0.155. The molecular weight excluding hydrogens is 467 g/mol. The molecule has 0 bridgehead atoms. The Labute approximate surface area is 212 Å². The number of carbonyl (C=O) groups excluding carboxylic acids is 2. The third-order valence-electron chi connectivity index (χ3n) is 6.12. The fourth-order valence-electron chi connectivity index (χ4n) is 4.52. The molecule has 0 aliphatic heterocycles. The summed E-state index contributed by atoms with van der Waals surface area (Å²) in [6, 6.07) is 40.1. The van der Waals surface area contributed by atoms with E-state index in [-0.39, 0.29) is 13.0 Å². The van der Waals surface area contributed by atoms with Gasteiger partial charge in [0.1, 0.15) is 29.8 Å². The Hall–Kier alpha value is -3.95. The molecule has 5 nitrogen and oxygen atoms in total. The number of carbonyl (C=O) groups is 2. The molecule has 0 aromatic heterocycles. The van der Waals surface area contributed by atoms with Crippen LogP contribution in [0.4, 0.5) is 4.79 Å². The fourth-order valence-corrected chi connectivity index (χ4v) is 9.24. The van der Waals surface area contributed by atoms with Crippen LogP contribution in [0.3, 0.4) is 0 Å². The molecule has 0 heterocycles. The van der Waals surface area contributed by atoms with Crippen LogP contribution >= 0.6 is 7.26 Å². The number of hydrogen-bond donors (Lipinski definition) is 2. The van der Waals surface area contributed by atoms with Gasteiger partial charge < -0.3 is 10.5 Å². The van der Waals surface area contributed by atoms with Crippen LogP contribution in [0, 0.1) is 0 Å². The van der Waals surface area contributed by atoms with Crippen LogP contribution in [0.2, 0.25) is 0 Å². The number of nitrogens with two attached hydrogens (primary N) is 1. The van der Waals surface area contributed by atoms with E-state index in [1.165, 1.54) is 0 Å². The summed E-state index contributed by atoms with van der Waals surface area (Å²) in [6.07, 6.45) is -0.0133. The Kier molecular flexibility index (Phi) is 8.48. The molecule has 4 rings (SSSR count). The second-order valence-corrected chi connectivity index (χ2v) is 12.1. The van der Waals surface area contributed by atoms with Gasteiger partial charge in [0.25, 0.3) is 0 Å². The first-order valence-corrected chi connectivity index (χ1v) is 13.8. The molecule has 6 heteroatoms. The van der Waals surface area contributed by atoms with E-state index < -0.39 is 25.0 Å². The second kappa shape index (κ2) is 12.1. The van der Waals surface area contributed by atoms with Crippen LogP contribution in [0.25, 0.3) is 0 Å². The summed E-state index contributed by atoms with van der Waals surface area (Å²) >= 11 is 0. The first-order chi connectivity index (χ1) is 17.6. The van der Waals surface area contributed by atoms with Crippen molar-refractivity contribution in [3.8, 4) is 0 Å². The highest BCUT2D eigenvalue weighted by Crippen LogP contribution is 2.60. The molecule has 182 valence electrons. The zero-order valence-corrected chi connectivity index (χ0v) is 20.9. The van der Waals surface area contributed by atoms with Crippen molar-refractivity contribution in [1.82, 2.24) is 5.32 Å². The predicted molar refractivity (Wildman–Crippen MR) is 147 cm³/mol. The molecule has 0 aliphatic carbocycles. The molecule has 4 aromatic carbocycles. The summed E-state index contributed by atoms with van der Waals surface area (Å²) in [7, 11) is -2.49. The number of alkyl carbamates (subject to hydrolysis) is 1. The normalized spacial score (nSPS) is 11.9. The average molecular weight is 498 g/mol. The summed E-state index contributed by atoms with van der Waals surface area (Å²) in [5.74, 6) is -0.827. The molecule has 0 radical (unpaired) electrons. The van der Waals surface area contributed by atoms with E-state index >= 15 is 0 Å². The second-order valence-electron chi connectivity index (χ2n) is 8.46. The number of hydrogen-bond acceptors (Lipinski definition) is 3. The molecule has 2 amide bonds. The van der Waals surface area contributed by atoms with E-state index in [0.717, 1.165) is 21.5 Å². The first-order valence-electron chi connectivity index (χ1n) is 11.9. The smallest absolute Gasteiger partial charge is 0.410 e. The van der Waals surface area contributed by atoms with Gasteiger partial charge in [0, 0.05) is 12.8 Å². The maximum Gasteiger partial charge on any atom is 0.410 e. The molecule has 0 spiro atoms. The Morgan fingerprint density at radius 3 is 1.53 bits per heavy atom. The highest BCUT2D eigenvalue weighted by Gasteiger charge is 2.53. The summed E-state index contributed by atoms with van der Waals surface area (Å²) < 4.78 is 5.62. The summed E-state index contributed by atoms with van der Waals surface area (Å²) in [4.78, 5) is 25.1. The topological polar surface area (TPSA) is 81.4 Å². The lowest BCUT2D eigenvalue weighted by Crippen LogP contribution is -2.48. The van der Waals surface area contributed by atoms with Crippen molar-refractivity contribution < 1.29 is 14.3 Å². The van der Waals surface area contributed by atoms with E-state index in [9.17, 15) is 9.59 Å². The highest BCUT2D eigenvalue weighted by atomic mass is 31.2. The molecule has 0 saturated carbocycles. The lowest BCUT2D eigenvalue weighted by atomic mass is 10.2. The van der Waals surface area contributed by atoms with Crippen LogP contribution in [-0.4, -0.2) is 17.8 Å². The van der Waals surface area contributed by atoms with E-state index in [1.807, 2.05) is 84.9 Å². The Bertz CT molecular complexity index is 1160. The van der Waals surface area contributed by atoms with Crippen molar-refractivity contribution in [3.63, 3.8) is 0 Å². The van der Waals surface area contributed by atoms with Gasteiger partial charge in [-0.05, 0) is 42.0 Å². The van der Waals surface area contributed by atoms with Gasteiger partial charge in [0.15, 0.2) is 5.78 Å². The minimum atomic E-state index is -2.49. The van der Waals surface area contributed by atoms with Crippen LogP contribution in [0.5, 0.6) is 0 Å². The van der Waals surface area contributed by atoms with Crippen LogP contribution in [-0.2, 0) is 16.1 Å². The lowest BCUT2D eigenvalue weighted by Gasteiger charge is -2.34. The molecule has 0 aliphatic rings. The van der Waals surface area contributed by atoms with Crippen molar-refractivity contribution >= 4 is 35.2 Å². The molecule has 0 unspecified atom stereocenters. The SMILES string of the molecule is NC(=O)CC[C@@H](NC(=O)OCc1ccccc1)[P+](c1ccccc1)(c1ccccc1)c1ccccc1. The van der Waals surface area contributed by atoms with Gasteiger partial charge in [-0.3, -0.25) is 10.1 Å². The molecule has 0 fully saturated rings. The third kappa shape index (κ3) is 5.81. The largest absolute Gasteiger partial charge is 0.445 e. The van der Waals surface area contributed by atoms with E-state index in [2.05, 4.69) is 41.7 Å². The van der Waals surface area contributed by atoms with Crippen molar-refractivity contribution in [2.75, 3.05) is 0 Å². The van der Waals surface area contributed by atoms with Gasteiger partial charge in [-0.25, -0.2) is 4.79 Å². The van der Waals surface area contributed by atoms with E-state index in [1.54, 1.807) is 0 Å². The van der Waals surface area contributed by atoms with Gasteiger partial charge in [-0.15, -0.1) is 0 Å². The quantitative estimate of drug-likeness (QED) is 0.317. The van der Waals surface area contributed by atoms with Crippen LogP contribution in [0.15, 0.2) is 121 Å². The monoisotopic (exact) mass is 497 g/mol. The zero-order chi connectivity index (χ0) is 25.2. The maximum atomic E-state index is 13.2. The summed E-state index contributed by atoms with van der Waals surface area (Å²) in [5, 5.41) is 6.45. The predicted octanol–water partition coefficient (Wildman–Crippen LogP) is 4.50. The molecule has 4 aromatic rings. The molecule has 3 N–H and O–H groups in total. The van der Waals surface area contributed by atoms with Crippen molar-refractivity contribution in [3.05, 3.63) is 127 Å². The Morgan fingerprint density at radius 2 is 1.11 bits per heavy atom. The number of primary amides is 1. The Morgan fingerprint density at radius 1 is 0.694 bits per heavy atom. The fraction of sp³-hybridized carbons (Fsp3) is 0.133. The van der Waals surface area contributed by atoms with Crippen LogP contribution < -0.4 is 27.0 Å². The average Bonchev–Trinajstić information content (AvgIpc) is 2.93. The Balaban J connectivity index is 1.81.